The molecule has 0 radical (unpaired) electrons. The summed E-state index contributed by atoms with van der Waals surface area (Å²) in [5.74, 6) is -0.306. The van der Waals surface area contributed by atoms with Crippen LogP contribution in [0.5, 0.6) is 5.75 Å². The molecular formula is C12H8Cl2N2O2. The topological polar surface area (TPSA) is 62.2 Å². The number of anilines is 1. The van der Waals surface area contributed by atoms with E-state index in [0.29, 0.717) is 15.9 Å². The average Bonchev–Trinajstić information content (AvgIpc) is 2.35. The van der Waals surface area contributed by atoms with E-state index in [4.69, 9.17) is 23.2 Å². The van der Waals surface area contributed by atoms with Crippen molar-refractivity contribution in [2.45, 2.75) is 0 Å². The Balaban J connectivity index is 2.21. The highest BCUT2D eigenvalue weighted by Gasteiger charge is 2.12. The number of nitrogens with zero attached hydrogens (tertiary/aromatic N) is 1. The van der Waals surface area contributed by atoms with Gasteiger partial charge in [0, 0.05) is 11.2 Å². The van der Waals surface area contributed by atoms with Crippen LogP contribution < -0.4 is 5.32 Å². The van der Waals surface area contributed by atoms with Gasteiger partial charge in [0.2, 0.25) is 0 Å². The number of benzene rings is 1. The maximum atomic E-state index is 11.9. The molecule has 2 aromatic rings. The number of hydrogen-bond donors (Lipinski definition) is 2. The van der Waals surface area contributed by atoms with E-state index in [0.717, 1.165) is 0 Å². The molecular weight excluding hydrogens is 275 g/mol. The number of aromatic nitrogens is 1. The fraction of sp³-hybridized carbons (Fsp3) is 0. The number of rotatable bonds is 2. The van der Waals surface area contributed by atoms with E-state index >= 15 is 0 Å². The first kappa shape index (κ1) is 12.7. The highest BCUT2D eigenvalue weighted by Crippen LogP contribution is 2.22. The monoisotopic (exact) mass is 282 g/mol. The summed E-state index contributed by atoms with van der Waals surface area (Å²) in [6.07, 6.45) is 1.41. The number of hydrogen-bond acceptors (Lipinski definition) is 3. The van der Waals surface area contributed by atoms with Gasteiger partial charge < -0.3 is 10.4 Å². The molecule has 0 saturated heterocycles. The van der Waals surface area contributed by atoms with Gasteiger partial charge in [-0.05, 0) is 30.3 Å². The van der Waals surface area contributed by atoms with Crippen LogP contribution in [0.3, 0.4) is 0 Å². The van der Waals surface area contributed by atoms with Crippen LogP contribution in [0.1, 0.15) is 10.4 Å². The van der Waals surface area contributed by atoms with Crippen molar-refractivity contribution in [2.24, 2.45) is 0 Å². The Kier molecular flexibility index (Phi) is 3.69. The van der Waals surface area contributed by atoms with Crippen LogP contribution in [-0.4, -0.2) is 16.0 Å². The Morgan fingerprint density at radius 3 is 2.56 bits per heavy atom. The molecule has 0 aliphatic carbocycles. The fourth-order valence-corrected chi connectivity index (χ4v) is 1.61. The summed E-state index contributed by atoms with van der Waals surface area (Å²) in [6, 6.07) is 7.38. The number of phenolic OH excluding ortho intramolecular Hbond substituents is 1. The summed E-state index contributed by atoms with van der Waals surface area (Å²) in [5, 5.41) is 12.9. The molecule has 4 nitrogen and oxygen atoms in total. The van der Waals surface area contributed by atoms with Crippen LogP contribution in [-0.2, 0) is 0 Å². The van der Waals surface area contributed by atoms with E-state index in [2.05, 4.69) is 10.3 Å². The van der Waals surface area contributed by atoms with Gasteiger partial charge in [0.25, 0.3) is 5.91 Å². The molecule has 0 saturated carbocycles. The lowest BCUT2D eigenvalue weighted by Crippen LogP contribution is -2.13. The van der Waals surface area contributed by atoms with Crippen LogP contribution in [0.15, 0.2) is 36.5 Å². The highest BCUT2D eigenvalue weighted by molar-refractivity contribution is 6.31. The number of aromatic hydroxyl groups is 1. The minimum absolute atomic E-state index is 0.0826. The molecule has 0 bridgehead atoms. The molecule has 92 valence electrons. The molecule has 18 heavy (non-hydrogen) atoms. The molecule has 2 N–H and O–H groups in total. The molecule has 6 heteroatoms. The molecule has 0 spiro atoms. The van der Waals surface area contributed by atoms with Crippen LogP contribution in [0.2, 0.25) is 10.0 Å². The molecule has 1 heterocycles. The molecule has 0 aliphatic rings. The van der Waals surface area contributed by atoms with Crippen molar-refractivity contribution < 1.29 is 9.90 Å². The van der Waals surface area contributed by atoms with Gasteiger partial charge in [-0.2, -0.15) is 0 Å². The van der Waals surface area contributed by atoms with Gasteiger partial charge in [-0.1, -0.05) is 23.2 Å². The quantitative estimate of drug-likeness (QED) is 0.888. The van der Waals surface area contributed by atoms with E-state index in [-0.39, 0.29) is 11.3 Å². The Morgan fingerprint density at radius 2 is 1.89 bits per heavy atom. The zero-order valence-electron chi connectivity index (χ0n) is 9.02. The normalized spacial score (nSPS) is 10.1. The second-order valence-corrected chi connectivity index (χ2v) is 4.35. The summed E-state index contributed by atoms with van der Waals surface area (Å²) >= 11 is 11.4. The Hall–Kier alpha value is -1.78. The Morgan fingerprint density at radius 1 is 1.17 bits per heavy atom. The van der Waals surface area contributed by atoms with Crippen molar-refractivity contribution in [3.8, 4) is 5.75 Å². The standard InChI is InChI=1S/C12H8Cl2N2O2/c13-7-1-3-10(17)9(5-7)12(18)16-11-4-2-8(14)6-15-11/h1-6,17H,(H,15,16,18). The molecule has 1 aromatic heterocycles. The first-order chi connectivity index (χ1) is 8.56. The van der Waals surface area contributed by atoms with Gasteiger partial charge in [0.05, 0.1) is 10.6 Å². The lowest BCUT2D eigenvalue weighted by atomic mass is 10.2. The molecule has 0 fully saturated rings. The molecule has 1 amide bonds. The van der Waals surface area contributed by atoms with Crippen LogP contribution in [0.4, 0.5) is 5.82 Å². The van der Waals surface area contributed by atoms with Gasteiger partial charge in [-0.25, -0.2) is 4.98 Å². The van der Waals surface area contributed by atoms with Gasteiger partial charge in [0.15, 0.2) is 0 Å². The van der Waals surface area contributed by atoms with Crippen molar-refractivity contribution in [1.29, 1.82) is 0 Å². The molecule has 0 atom stereocenters. The third-order valence-corrected chi connectivity index (χ3v) is 2.63. The van der Waals surface area contributed by atoms with Crippen LogP contribution >= 0.6 is 23.2 Å². The summed E-state index contributed by atoms with van der Waals surface area (Å²) < 4.78 is 0. The number of carbonyl (C=O) groups excluding carboxylic acids is 1. The number of nitrogens with one attached hydrogen (secondary N) is 1. The van der Waals surface area contributed by atoms with Gasteiger partial charge in [-0.3, -0.25) is 4.79 Å². The Labute approximate surface area is 113 Å². The number of carbonyl (C=O) groups is 1. The number of amides is 1. The van der Waals surface area contributed by atoms with Crippen molar-refractivity contribution in [3.05, 3.63) is 52.1 Å². The zero-order chi connectivity index (χ0) is 13.1. The predicted molar refractivity (Wildman–Crippen MR) is 70.3 cm³/mol. The van der Waals surface area contributed by atoms with E-state index in [1.54, 1.807) is 12.1 Å². The maximum absolute atomic E-state index is 11.9. The lowest BCUT2D eigenvalue weighted by Gasteiger charge is -2.06. The summed E-state index contributed by atoms with van der Waals surface area (Å²) in [6.45, 7) is 0. The van der Waals surface area contributed by atoms with E-state index in [1.165, 1.54) is 24.4 Å². The summed E-state index contributed by atoms with van der Waals surface area (Å²) in [7, 11) is 0. The van der Waals surface area contributed by atoms with Crippen LogP contribution in [0.25, 0.3) is 0 Å². The number of halogens is 2. The van der Waals surface area contributed by atoms with Crippen LogP contribution in [0, 0.1) is 0 Å². The smallest absolute Gasteiger partial charge is 0.260 e. The largest absolute Gasteiger partial charge is 0.507 e. The van der Waals surface area contributed by atoms with E-state index in [9.17, 15) is 9.90 Å². The SMILES string of the molecule is O=C(Nc1ccc(Cl)cn1)c1cc(Cl)ccc1O. The lowest BCUT2D eigenvalue weighted by molar-refractivity contribution is 0.102. The third-order valence-electron chi connectivity index (χ3n) is 2.17. The van der Waals surface area contributed by atoms with E-state index < -0.39 is 5.91 Å². The Bertz CT molecular complexity index is 585. The first-order valence-electron chi connectivity index (χ1n) is 4.97. The highest BCUT2D eigenvalue weighted by atomic mass is 35.5. The first-order valence-corrected chi connectivity index (χ1v) is 5.73. The minimum atomic E-state index is -0.496. The second-order valence-electron chi connectivity index (χ2n) is 3.48. The van der Waals surface area contributed by atoms with Crippen molar-refractivity contribution in [2.75, 3.05) is 5.32 Å². The molecule has 2 rings (SSSR count). The third kappa shape index (κ3) is 2.91. The van der Waals surface area contributed by atoms with Crippen molar-refractivity contribution in [3.63, 3.8) is 0 Å². The maximum Gasteiger partial charge on any atom is 0.260 e. The zero-order valence-corrected chi connectivity index (χ0v) is 10.5. The number of pyridine rings is 1. The van der Waals surface area contributed by atoms with Gasteiger partial charge in [-0.15, -0.1) is 0 Å². The van der Waals surface area contributed by atoms with Crippen molar-refractivity contribution >= 4 is 34.9 Å². The molecule has 1 aromatic carbocycles. The minimum Gasteiger partial charge on any atom is -0.507 e. The molecule has 0 unspecified atom stereocenters. The predicted octanol–water partition coefficient (Wildman–Crippen LogP) is 3.35. The van der Waals surface area contributed by atoms with Gasteiger partial charge in [0.1, 0.15) is 11.6 Å². The summed E-state index contributed by atoms with van der Waals surface area (Å²) in [5.41, 5.74) is 0.0826. The fourth-order valence-electron chi connectivity index (χ4n) is 1.32. The van der Waals surface area contributed by atoms with Crippen molar-refractivity contribution in [1.82, 2.24) is 4.98 Å². The van der Waals surface area contributed by atoms with E-state index in [1.807, 2.05) is 0 Å². The number of phenols is 1. The summed E-state index contributed by atoms with van der Waals surface area (Å²) in [4.78, 5) is 15.8. The second kappa shape index (κ2) is 5.25. The average molecular weight is 283 g/mol. The van der Waals surface area contributed by atoms with Gasteiger partial charge >= 0.3 is 0 Å². The molecule has 0 aliphatic heterocycles.